The first-order valence-electron chi connectivity index (χ1n) is 9.35. The summed E-state index contributed by atoms with van der Waals surface area (Å²) in [6.45, 7) is 4.49. The second-order valence-electron chi connectivity index (χ2n) is 7.39. The first kappa shape index (κ1) is 20.5. The monoisotopic (exact) mass is 404 g/mol. The highest BCUT2D eigenvalue weighted by atomic mass is 32.2. The Balaban J connectivity index is 1.67. The van der Waals surface area contributed by atoms with Gasteiger partial charge in [0.15, 0.2) is 0 Å². The van der Waals surface area contributed by atoms with Crippen LogP contribution in [0.1, 0.15) is 29.5 Å². The van der Waals surface area contributed by atoms with E-state index in [4.69, 9.17) is 0 Å². The molecular weight excluding hydrogens is 379 g/mol. The van der Waals surface area contributed by atoms with Crippen molar-refractivity contribution in [3.63, 3.8) is 0 Å². The maximum atomic E-state index is 13.0. The topological polar surface area (TPSA) is 66.5 Å². The van der Waals surface area contributed by atoms with E-state index < -0.39 is 21.8 Å². The van der Waals surface area contributed by atoms with Crippen LogP contribution in [0.25, 0.3) is 0 Å². The molecule has 1 N–H and O–H groups in total. The number of sulfonamides is 1. The fourth-order valence-corrected chi connectivity index (χ4v) is 5.09. The number of carbonyl (C=O) groups excluding carboxylic acids is 1. The van der Waals surface area contributed by atoms with Gasteiger partial charge in [-0.2, -0.15) is 0 Å². The molecule has 28 heavy (non-hydrogen) atoms. The Morgan fingerprint density at radius 3 is 2.57 bits per heavy atom. The third kappa shape index (κ3) is 4.97. The molecular formula is C21H25FN2O3S. The summed E-state index contributed by atoms with van der Waals surface area (Å²) in [4.78, 5) is 12.7. The second-order valence-corrected chi connectivity index (χ2v) is 9.36. The number of piperidine rings is 1. The number of hydrogen-bond acceptors (Lipinski definition) is 3. The summed E-state index contributed by atoms with van der Waals surface area (Å²) in [5, 5.41) is 2.93. The van der Waals surface area contributed by atoms with E-state index in [1.807, 2.05) is 32.0 Å². The Kier molecular flexibility index (Phi) is 6.15. The fourth-order valence-electron chi connectivity index (χ4n) is 3.48. The van der Waals surface area contributed by atoms with Crippen LogP contribution in [0.3, 0.4) is 0 Å². The smallest absolute Gasteiger partial charge is 0.228 e. The Morgan fingerprint density at radius 2 is 1.89 bits per heavy atom. The highest BCUT2D eigenvalue weighted by Crippen LogP contribution is 2.24. The minimum absolute atomic E-state index is 0.159. The van der Waals surface area contributed by atoms with Crippen molar-refractivity contribution in [2.45, 2.75) is 32.4 Å². The van der Waals surface area contributed by atoms with Gasteiger partial charge < -0.3 is 5.32 Å². The van der Waals surface area contributed by atoms with Crippen molar-refractivity contribution in [1.82, 2.24) is 4.31 Å². The predicted octanol–water partition coefficient (Wildman–Crippen LogP) is 3.62. The molecule has 150 valence electrons. The van der Waals surface area contributed by atoms with Crippen LogP contribution in [0.4, 0.5) is 10.1 Å². The SMILES string of the molecule is Cc1ccc(NC(=O)[C@@H]2CCCN(S(=O)(=O)Cc3ccc(F)cc3)C2)c(C)c1. The lowest BCUT2D eigenvalue weighted by molar-refractivity contribution is -0.120. The van der Waals surface area contributed by atoms with Crippen molar-refractivity contribution in [1.29, 1.82) is 0 Å². The summed E-state index contributed by atoms with van der Waals surface area (Å²) < 4.78 is 39.9. The number of hydrogen-bond donors (Lipinski definition) is 1. The minimum atomic E-state index is -3.57. The van der Waals surface area contributed by atoms with Gasteiger partial charge in [-0.3, -0.25) is 4.79 Å². The number of rotatable bonds is 5. The third-order valence-corrected chi connectivity index (χ3v) is 6.87. The van der Waals surface area contributed by atoms with Gasteiger partial charge in [0.1, 0.15) is 5.82 Å². The molecule has 0 aromatic heterocycles. The number of benzene rings is 2. The van der Waals surface area contributed by atoms with Crippen LogP contribution >= 0.6 is 0 Å². The fraction of sp³-hybridized carbons (Fsp3) is 0.381. The zero-order valence-electron chi connectivity index (χ0n) is 16.1. The van der Waals surface area contributed by atoms with E-state index in [0.29, 0.717) is 24.9 Å². The van der Waals surface area contributed by atoms with Gasteiger partial charge in [-0.15, -0.1) is 0 Å². The molecule has 0 radical (unpaired) electrons. The third-order valence-electron chi connectivity index (χ3n) is 5.05. The van der Waals surface area contributed by atoms with Crippen LogP contribution in [0.2, 0.25) is 0 Å². The van der Waals surface area contributed by atoms with Crippen molar-refractivity contribution < 1.29 is 17.6 Å². The zero-order valence-corrected chi connectivity index (χ0v) is 16.9. The summed E-state index contributed by atoms with van der Waals surface area (Å²) >= 11 is 0. The summed E-state index contributed by atoms with van der Waals surface area (Å²) in [7, 11) is -3.57. The van der Waals surface area contributed by atoms with E-state index in [-0.39, 0.29) is 18.2 Å². The Hall–Kier alpha value is -2.25. The molecule has 2 aromatic carbocycles. The van der Waals surface area contributed by atoms with E-state index in [2.05, 4.69) is 5.32 Å². The first-order valence-corrected chi connectivity index (χ1v) is 11.0. The Labute approximate surface area is 165 Å². The number of carbonyl (C=O) groups is 1. The normalized spacial score (nSPS) is 18.0. The van der Waals surface area contributed by atoms with Crippen molar-refractivity contribution in [3.8, 4) is 0 Å². The van der Waals surface area contributed by atoms with E-state index in [0.717, 1.165) is 16.8 Å². The van der Waals surface area contributed by atoms with E-state index in [1.165, 1.54) is 28.6 Å². The lowest BCUT2D eigenvalue weighted by atomic mass is 9.98. The molecule has 1 fully saturated rings. The summed E-state index contributed by atoms with van der Waals surface area (Å²) in [5.74, 6) is -1.15. The highest BCUT2D eigenvalue weighted by molar-refractivity contribution is 7.88. The molecule has 1 aliphatic rings. The van der Waals surface area contributed by atoms with E-state index in [9.17, 15) is 17.6 Å². The standard InChI is InChI=1S/C21H25FN2O3S/c1-15-5-10-20(16(2)12-15)23-21(25)18-4-3-11-24(13-18)28(26,27)14-17-6-8-19(22)9-7-17/h5-10,12,18H,3-4,11,13-14H2,1-2H3,(H,23,25)/t18-/m1/s1. The molecule has 1 amide bonds. The molecule has 1 aliphatic heterocycles. The van der Waals surface area contributed by atoms with Crippen molar-refractivity contribution in [2.24, 2.45) is 5.92 Å². The average Bonchev–Trinajstić information content (AvgIpc) is 2.66. The number of halogens is 1. The maximum absolute atomic E-state index is 13.0. The molecule has 1 saturated heterocycles. The van der Waals surface area contributed by atoms with Crippen LogP contribution in [-0.2, 0) is 20.6 Å². The van der Waals surface area contributed by atoms with Gasteiger partial charge in [-0.1, -0.05) is 29.8 Å². The molecule has 0 unspecified atom stereocenters. The molecule has 0 saturated carbocycles. The first-order chi connectivity index (χ1) is 13.2. The van der Waals surface area contributed by atoms with Gasteiger partial charge >= 0.3 is 0 Å². The number of anilines is 1. The molecule has 0 spiro atoms. The molecule has 5 nitrogen and oxygen atoms in total. The van der Waals surface area contributed by atoms with Gasteiger partial charge in [-0.25, -0.2) is 17.1 Å². The van der Waals surface area contributed by atoms with Gasteiger partial charge in [-0.05, 0) is 56.0 Å². The Bertz CT molecular complexity index is 958. The van der Waals surface area contributed by atoms with Crippen molar-refractivity contribution >= 4 is 21.6 Å². The number of nitrogens with one attached hydrogen (secondary N) is 1. The minimum Gasteiger partial charge on any atom is -0.326 e. The molecule has 7 heteroatoms. The van der Waals surface area contributed by atoms with Crippen LogP contribution in [-0.4, -0.2) is 31.7 Å². The lowest BCUT2D eigenvalue weighted by Gasteiger charge is -2.31. The highest BCUT2D eigenvalue weighted by Gasteiger charge is 2.32. The summed E-state index contributed by atoms with van der Waals surface area (Å²) in [5.41, 5.74) is 3.38. The van der Waals surface area contributed by atoms with E-state index >= 15 is 0 Å². The van der Waals surface area contributed by atoms with Crippen molar-refractivity contribution in [2.75, 3.05) is 18.4 Å². The number of amides is 1. The summed E-state index contributed by atoms with van der Waals surface area (Å²) in [6, 6.07) is 11.2. The molecule has 0 bridgehead atoms. The molecule has 1 heterocycles. The van der Waals surface area contributed by atoms with Gasteiger partial charge in [0, 0.05) is 18.8 Å². The molecule has 3 rings (SSSR count). The largest absolute Gasteiger partial charge is 0.326 e. The average molecular weight is 405 g/mol. The quantitative estimate of drug-likeness (QED) is 0.828. The van der Waals surface area contributed by atoms with Crippen LogP contribution in [0, 0.1) is 25.6 Å². The number of nitrogens with zero attached hydrogens (tertiary/aromatic N) is 1. The van der Waals surface area contributed by atoms with Gasteiger partial charge in [0.05, 0.1) is 11.7 Å². The van der Waals surface area contributed by atoms with Crippen LogP contribution < -0.4 is 5.32 Å². The molecule has 1 atom stereocenters. The second kappa shape index (κ2) is 8.41. The lowest BCUT2D eigenvalue weighted by Crippen LogP contribution is -2.44. The molecule has 0 aliphatic carbocycles. The zero-order chi connectivity index (χ0) is 20.3. The maximum Gasteiger partial charge on any atom is 0.228 e. The Morgan fingerprint density at radius 1 is 1.18 bits per heavy atom. The predicted molar refractivity (Wildman–Crippen MR) is 108 cm³/mol. The van der Waals surface area contributed by atoms with Gasteiger partial charge in [0.2, 0.25) is 15.9 Å². The van der Waals surface area contributed by atoms with E-state index in [1.54, 1.807) is 0 Å². The summed E-state index contributed by atoms with van der Waals surface area (Å²) in [6.07, 6.45) is 1.28. The van der Waals surface area contributed by atoms with Gasteiger partial charge in [0.25, 0.3) is 0 Å². The number of aryl methyl sites for hydroxylation is 2. The van der Waals surface area contributed by atoms with Crippen LogP contribution in [0.5, 0.6) is 0 Å². The molecule has 2 aromatic rings. The van der Waals surface area contributed by atoms with Crippen LogP contribution in [0.15, 0.2) is 42.5 Å². The van der Waals surface area contributed by atoms with Crippen molar-refractivity contribution in [3.05, 3.63) is 65.0 Å².